The van der Waals surface area contributed by atoms with Gasteiger partial charge in [0.15, 0.2) is 0 Å². The van der Waals surface area contributed by atoms with Crippen molar-refractivity contribution in [1.82, 2.24) is 0 Å². The highest BCUT2D eigenvalue weighted by atomic mass is 16.5. The van der Waals surface area contributed by atoms with Crippen molar-refractivity contribution in [2.45, 2.75) is 71.6 Å². The lowest BCUT2D eigenvalue weighted by atomic mass is 9.89. The third kappa shape index (κ3) is 6.92. The molecule has 120 valence electrons. The maximum atomic E-state index is 11.9. The van der Waals surface area contributed by atoms with Crippen LogP contribution >= 0.6 is 0 Å². The molecule has 2 atom stereocenters. The minimum atomic E-state index is -0.129. The van der Waals surface area contributed by atoms with E-state index in [-0.39, 0.29) is 17.8 Å². The number of esters is 1. The van der Waals surface area contributed by atoms with E-state index in [1.807, 2.05) is 0 Å². The number of hydrogen-bond acceptors (Lipinski definition) is 3. The first-order valence-corrected chi connectivity index (χ1v) is 8.52. The number of carbonyl (C=O) groups is 2. The van der Waals surface area contributed by atoms with E-state index < -0.39 is 0 Å². The zero-order valence-electron chi connectivity index (χ0n) is 13.6. The second-order valence-corrected chi connectivity index (χ2v) is 5.97. The lowest BCUT2D eigenvalue weighted by molar-refractivity contribution is -0.145. The van der Waals surface area contributed by atoms with Crippen LogP contribution in [0.5, 0.6) is 0 Å². The Morgan fingerprint density at radius 3 is 2.76 bits per heavy atom. The van der Waals surface area contributed by atoms with Gasteiger partial charge in [-0.15, -0.1) is 0 Å². The molecule has 0 aliphatic heterocycles. The van der Waals surface area contributed by atoms with Gasteiger partial charge in [0, 0.05) is 18.8 Å². The highest BCUT2D eigenvalue weighted by Gasteiger charge is 2.35. The van der Waals surface area contributed by atoms with Crippen LogP contribution in [0.15, 0.2) is 12.2 Å². The van der Waals surface area contributed by atoms with Gasteiger partial charge in [0.05, 0.1) is 6.61 Å². The number of hydrogen-bond donors (Lipinski definition) is 0. The fourth-order valence-electron chi connectivity index (χ4n) is 2.94. The highest BCUT2D eigenvalue weighted by Crippen LogP contribution is 2.34. The van der Waals surface area contributed by atoms with Crippen molar-refractivity contribution in [1.29, 1.82) is 0 Å². The average Bonchev–Trinajstić information content (AvgIpc) is 2.80. The Kier molecular flexibility index (Phi) is 9.04. The Hall–Kier alpha value is -1.12. The average molecular weight is 294 g/mol. The largest absolute Gasteiger partial charge is 0.466 e. The van der Waals surface area contributed by atoms with Gasteiger partial charge in [-0.25, -0.2) is 0 Å². The molecule has 0 bridgehead atoms. The molecule has 1 saturated carbocycles. The summed E-state index contributed by atoms with van der Waals surface area (Å²) in [5.74, 6) is 0.398. The lowest BCUT2D eigenvalue weighted by Crippen LogP contribution is -2.19. The van der Waals surface area contributed by atoms with Crippen molar-refractivity contribution >= 4 is 11.8 Å². The maximum absolute atomic E-state index is 11.9. The van der Waals surface area contributed by atoms with Crippen LogP contribution in [0.2, 0.25) is 0 Å². The summed E-state index contributed by atoms with van der Waals surface area (Å²) in [5.41, 5.74) is 0. The molecule has 21 heavy (non-hydrogen) atoms. The zero-order chi connectivity index (χ0) is 15.5. The van der Waals surface area contributed by atoms with E-state index in [1.54, 1.807) is 0 Å². The lowest BCUT2D eigenvalue weighted by Gasteiger charge is -2.16. The molecule has 0 N–H and O–H groups in total. The molecule has 0 radical (unpaired) electrons. The summed E-state index contributed by atoms with van der Waals surface area (Å²) >= 11 is 0. The van der Waals surface area contributed by atoms with Crippen molar-refractivity contribution in [2.24, 2.45) is 11.8 Å². The standard InChI is InChI=1S/C18H30O3/c1-3-5-7-9-13-21-18(20)14-15-11-12-17(19)16(15)10-8-6-4-2/h6,8,15-16H,3-5,7,9-14H2,1-2H3. The summed E-state index contributed by atoms with van der Waals surface area (Å²) in [5, 5.41) is 0. The van der Waals surface area contributed by atoms with E-state index in [9.17, 15) is 9.59 Å². The monoisotopic (exact) mass is 294 g/mol. The fraction of sp³-hybridized carbons (Fsp3) is 0.778. The predicted octanol–water partition coefficient (Wildman–Crippen LogP) is 4.45. The second kappa shape index (κ2) is 10.6. The van der Waals surface area contributed by atoms with Gasteiger partial charge in [-0.1, -0.05) is 45.3 Å². The maximum Gasteiger partial charge on any atom is 0.306 e. The smallest absolute Gasteiger partial charge is 0.306 e. The third-order valence-electron chi connectivity index (χ3n) is 4.23. The van der Waals surface area contributed by atoms with Crippen LogP contribution < -0.4 is 0 Å². The van der Waals surface area contributed by atoms with Crippen LogP contribution in [0.25, 0.3) is 0 Å². The minimum absolute atomic E-state index is 0.0282. The van der Waals surface area contributed by atoms with Gasteiger partial charge in [0.2, 0.25) is 0 Å². The number of allylic oxidation sites excluding steroid dienone is 2. The molecule has 1 aliphatic rings. The Balaban J connectivity index is 2.29. The molecule has 0 aromatic rings. The Morgan fingerprint density at radius 1 is 1.24 bits per heavy atom. The molecule has 2 unspecified atom stereocenters. The molecule has 0 aromatic heterocycles. The second-order valence-electron chi connectivity index (χ2n) is 5.97. The molecule has 1 fully saturated rings. The number of carbonyl (C=O) groups excluding carboxylic acids is 2. The van der Waals surface area contributed by atoms with Crippen LogP contribution in [-0.2, 0) is 14.3 Å². The van der Waals surface area contributed by atoms with E-state index in [2.05, 4.69) is 26.0 Å². The van der Waals surface area contributed by atoms with Crippen LogP contribution in [0.4, 0.5) is 0 Å². The molecule has 0 spiro atoms. The molecule has 0 saturated heterocycles. The van der Waals surface area contributed by atoms with E-state index >= 15 is 0 Å². The number of rotatable bonds is 10. The van der Waals surface area contributed by atoms with E-state index in [1.165, 1.54) is 12.8 Å². The predicted molar refractivity (Wildman–Crippen MR) is 85.0 cm³/mol. The molecule has 3 heteroatoms. The first-order chi connectivity index (χ1) is 10.2. The quantitative estimate of drug-likeness (QED) is 0.339. The van der Waals surface area contributed by atoms with Gasteiger partial charge >= 0.3 is 5.97 Å². The van der Waals surface area contributed by atoms with Gasteiger partial charge in [0.1, 0.15) is 5.78 Å². The topological polar surface area (TPSA) is 43.4 Å². The van der Waals surface area contributed by atoms with E-state index in [4.69, 9.17) is 4.74 Å². The summed E-state index contributed by atoms with van der Waals surface area (Å²) in [4.78, 5) is 23.8. The molecule has 0 aromatic carbocycles. The van der Waals surface area contributed by atoms with Gasteiger partial charge in [-0.3, -0.25) is 9.59 Å². The van der Waals surface area contributed by atoms with Crippen LogP contribution in [-0.4, -0.2) is 18.4 Å². The summed E-state index contributed by atoms with van der Waals surface area (Å²) in [6, 6.07) is 0. The first-order valence-electron chi connectivity index (χ1n) is 8.52. The summed E-state index contributed by atoms with van der Waals surface area (Å²) in [6.07, 6.45) is 12.3. The van der Waals surface area contributed by atoms with Crippen LogP contribution in [0.1, 0.15) is 71.6 Å². The van der Waals surface area contributed by atoms with Gasteiger partial charge < -0.3 is 4.74 Å². The van der Waals surface area contributed by atoms with E-state index in [0.717, 1.165) is 32.1 Å². The molecule has 1 rings (SSSR count). The molecule has 1 aliphatic carbocycles. The number of ether oxygens (including phenoxy) is 1. The zero-order valence-corrected chi connectivity index (χ0v) is 13.6. The molecule has 0 amide bonds. The molecule has 3 nitrogen and oxygen atoms in total. The van der Waals surface area contributed by atoms with Crippen LogP contribution in [0, 0.1) is 11.8 Å². The fourth-order valence-corrected chi connectivity index (χ4v) is 2.94. The van der Waals surface area contributed by atoms with Gasteiger partial charge in [-0.05, 0) is 31.6 Å². The Bertz CT molecular complexity index is 346. The van der Waals surface area contributed by atoms with E-state index in [0.29, 0.717) is 25.2 Å². The van der Waals surface area contributed by atoms with Gasteiger partial charge in [0.25, 0.3) is 0 Å². The molecule has 0 heterocycles. The number of Topliss-reactive ketones (excluding diaryl/α,β-unsaturated/α-hetero) is 1. The highest BCUT2D eigenvalue weighted by molar-refractivity contribution is 5.84. The summed E-state index contributed by atoms with van der Waals surface area (Å²) in [7, 11) is 0. The number of unbranched alkanes of at least 4 members (excludes halogenated alkanes) is 3. The molecular formula is C18H30O3. The van der Waals surface area contributed by atoms with Crippen molar-refractivity contribution in [3.8, 4) is 0 Å². The summed E-state index contributed by atoms with van der Waals surface area (Å²) in [6.45, 7) is 4.77. The summed E-state index contributed by atoms with van der Waals surface area (Å²) < 4.78 is 5.29. The minimum Gasteiger partial charge on any atom is -0.466 e. The van der Waals surface area contributed by atoms with Gasteiger partial charge in [-0.2, -0.15) is 0 Å². The van der Waals surface area contributed by atoms with Crippen molar-refractivity contribution < 1.29 is 14.3 Å². The Labute approximate surface area is 129 Å². The SMILES string of the molecule is CCC=CCC1C(=O)CCC1CC(=O)OCCCCCC. The van der Waals surface area contributed by atoms with Crippen LogP contribution in [0.3, 0.4) is 0 Å². The molecular weight excluding hydrogens is 264 g/mol. The normalized spacial score (nSPS) is 22.1. The first kappa shape index (κ1) is 17.9. The van der Waals surface area contributed by atoms with Crippen molar-refractivity contribution in [2.75, 3.05) is 6.61 Å². The Morgan fingerprint density at radius 2 is 2.05 bits per heavy atom. The van der Waals surface area contributed by atoms with Crippen molar-refractivity contribution in [3.05, 3.63) is 12.2 Å². The number of ketones is 1. The third-order valence-corrected chi connectivity index (χ3v) is 4.23. The van der Waals surface area contributed by atoms with Crippen molar-refractivity contribution in [3.63, 3.8) is 0 Å².